The molecule has 2 amide bonds. The fraction of sp³-hybridized carbons (Fsp3) is 0.381. The van der Waals surface area contributed by atoms with Gasteiger partial charge in [0.05, 0.1) is 6.54 Å². The van der Waals surface area contributed by atoms with Gasteiger partial charge < -0.3 is 24.4 Å². The standard InChI is InChI=1S/C21H26N2O4/c1-15(2)17-6-4-16(5-7-17)13-23(3)21(24)22-10-11-25-18-8-9-19-20(12-18)27-14-26-19/h4-9,12,15H,10-11,13-14H2,1-3H3,(H,22,24). The van der Waals surface area contributed by atoms with Gasteiger partial charge in [0.15, 0.2) is 11.5 Å². The van der Waals surface area contributed by atoms with Crippen LogP contribution in [0.2, 0.25) is 0 Å². The Bertz CT molecular complexity index is 774. The van der Waals surface area contributed by atoms with Gasteiger partial charge in [-0.25, -0.2) is 4.79 Å². The lowest BCUT2D eigenvalue weighted by Crippen LogP contribution is -2.38. The van der Waals surface area contributed by atoms with Gasteiger partial charge in [0.2, 0.25) is 6.79 Å². The predicted octanol–water partition coefficient (Wildman–Crippen LogP) is 3.76. The summed E-state index contributed by atoms with van der Waals surface area (Å²) in [7, 11) is 1.78. The summed E-state index contributed by atoms with van der Waals surface area (Å²) in [6.45, 7) is 5.93. The number of ether oxygens (including phenoxy) is 3. The lowest BCUT2D eigenvalue weighted by Gasteiger charge is -2.18. The number of nitrogens with zero attached hydrogens (tertiary/aromatic N) is 1. The maximum atomic E-state index is 12.2. The van der Waals surface area contributed by atoms with E-state index in [-0.39, 0.29) is 12.8 Å². The zero-order chi connectivity index (χ0) is 19.2. The summed E-state index contributed by atoms with van der Waals surface area (Å²) in [4.78, 5) is 13.9. The van der Waals surface area contributed by atoms with Crippen LogP contribution in [0.5, 0.6) is 17.2 Å². The van der Waals surface area contributed by atoms with E-state index in [1.165, 1.54) is 5.56 Å². The molecule has 0 aromatic heterocycles. The van der Waals surface area contributed by atoms with Crippen molar-refractivity contribution in [2.45, 2.75) is 26.3 Å². The van der Waals surface area contributed by atoms with Gasteiger partial charge in [-0.05, 0) is 29.2 Å². The molecule has 144 valence electrons. The third-order valence-electron chi connectivity index (χ3n) is 4.40. The van der Waals surface area contributed by atoms with Crippen LogP contribution in [-0.4, -0.2) is 37.9 Å². The number of hydrogen-bond acceptors (Lipinski definition) is 4. The Balaban J connectivity index is 1.39. The van der Waals surface area contributed by atoms with Gasteiger partial charge in [0, 0.05) is 19.7 Å². The summed E-state index contributed by atoms with van der Waals surface area (Å²) in [5, 5.41) is 2.86. The Morgan fingerprint density at radius 3 is 2.63 bits per heavy atom. The molecule has 0 unspecified atom stereocenters. The number of benzene rings is 2. The van der Waals surface area contributed by atoms with Crippen LogP contribution in [0.25, 0.3) is 0 Å². The molecule has 6 heteroatoms. The van der Waals surface area contributed by atoms with E-state index < -0.39 is 0 Å². The molecule has 0 fully saturated rings. The van der Waals surface area contributed by atoms with E-state index in [0.717, 1.165) is 11.3 Å². The van der Waals surface area contributed by atoms with E-state index in [4.69, 9.17) is 14.2 Å². The van der Waals surface area contributed by atoms with Crippen molar-refractivity contribution in [2.24, 2.45) is 0 Å². The van der Waals surface area contributed by atoms with Crippen molar-refractivity contribution >= 4 is 6.03 Å². The predicted molar refractivity (Wildman–Crippen MR) is 103 cm³/mol. The number of fused-ring (bicyclic) bond motifs is 1. The van der Waals surface area contributed by atoms with E-state index in [1.807, 2.05) is 12.1 Å². The number of amides is 2. The van der Waals surface area contributed by atoms with Crippen molar-refractivity contribution < 1.29 is 19.0 Å². The Morgan fingerprint density at radius 1 is 1.15 bits per heavy atom. The molecule has 2 aromatic carbocycles. The third-order valence-corrected chi connectivity index (χ3v) is 4.40. The monoisotopic (exact) mass is 370 g/mol. The average Bonchev–Trinajstić information content (AvgIpc) is 3.13. The van der Waals surface area contributed by atoms with Gasteiger partial charge in [0.25, 0.3) is 0 Å². The molecular weight excluding hydrogens is 344 g/mol. The topological polar surface area (TPSA) is 60.0 Å². The van der Waals surface area contributed by atoms with E-state index in [2.05, 4.69) is 43.4 Å². The van der Waals surface area contributed by atoms with Crippen molar-refractivity contribution in [1.29, 1.82) is 0 Å². The molecule has 0 saturated carbocycles. The number of carbonyl (C=O) groups excluding carboxylic acids is 1. The van der Waals surface area contributed by atoms with Crippen molar-refractivity contribution in [3.8, 4) is 17.2 Å². The Kier molecular flexibility index (Phi) is 6.06. The summed E-state index contributed by atoms with van der Waals surface area (Å²) < 4.78 is 16.2. The fourth-order valence-electron chi connectivity index (χ4n) is 2.78. The normalized spacial score (nSPS) is 12.1. The molecule has 0 aliphatic carbocycles. The number of carbonyl (C=O) groups is 1. The van der Waals surface area contributed by atoms with E-state index >= 15 is 0 Å². The van der Waals surface area contributed by atoms with Crippen LogP contribution in [0.15, 0.2) is 42.5 Å². The van der Waals surface area contributed by atoms with E-state index in [1.54, 1.807) is 18.0 Å². The van der Waals surface area contributed by atoms with Crippen LogP contribution >= 0.6 is 0 Å². The van der Waals surface area contributed by atoms with Gasteiger partial charge in [-0.3, -0.25) is 0 Å². The second kappa shape index (κ2) is 8.66. The molecule has 27 heavy (non-hydrogen) atoms. The van der Waals surface area contributed by atoms with Gasteiger partial charge in [-0.2, -0.15) is 0 Å². The first-order chi connectivity index (χ1) is 13.0. The quantitative estimate of drug-likeness (QED) is 0.754. The Hall–Kier alpha value is -2.89. The summed E-state index contributed by atoms with van der Waals surface area (Å²) in [6, 6.07) is 13.7. The summed E-state index contributed by atoms with van der Waals surface area (Å²) in [6.07, 6.45) is 0. The van der Waals surface area contributed by atoms with Crippen LogP contribution in [0.3, 0.4) is 0 Å². The second-order valence-corrected chi connectivity index (χ2v) is 6.85. The minimum absolute atomic E-state index is 0.128. The Morgan fingerprint density at radius 2 is 1.89 bits per heavy atom. The highest BCUT2D eigenvalue weighted by atomic mass is 16.7. The minimum atomic E-state index is -0.128. The first-order valence-electron chi connectivity index (χ1n) is 9.13. The number of rotatable bonds is 7. The molecule has 6 nitrogen and oxygen atoms in total. The maximum absolute atomic E-state index is 12.2. The van der Waals surface area contributed by atoms with Gasteiger partial charge >= 0.3 is 6.03 Å². The summed E-state index contributed by atoms with van der Waals surface area (Å²) in [5.41, 5.74) is 2.40. The maximum Gasteiger partial charge on any atom is 0.317 e. The molecule has 1 N–H and O–H groups in total. The number of urea groups is 1. The highest BCUT2D eigenvalue weighted by Crippen LogP contribution is 2.34. The van der Waals surface area contributed by atoms with Crippen molar-refractivity contribution in [3.05, 3.63) is 53.6 Å². The highest BCUT2D eigenvalue weighted by Gasteiger charge is 2.14. The first kappa shape index (κ1) is 18.9. The largest absolute Gasteiger partial charge is 0.492 e. The molecule has 1 aliphatic heterocycles. The second-order valence-electron chi connectivity index (χ2n) is 6.85. The molecule has 0 bridgehead atoms. The molecule has 0 atom stereocenters. The number of hydrogen-bond donors (Lipinski definition) is 1. The van der Waals surface area contributed by atoms with Crippen molar-refractivity contribution in [3.63, 3.8) is 0 Å². The molecule has 1 aliphatic rings. The lowest BCUT2D eigenvalue weighted by molar-refractivity contribution is 0.173. The van der Waals surface area contributed by atoms with Gasteiger partial charge in [0.1, 0.15) is 12.4 Å². The average molecular weight is 370 g/mol. The minimum Gasteiger partial charge on any atom is -0.492 e. The first-order valence-corrected chi connectivity index (χ1v) is 9.13. The zero-order valence-electron chi connectivity index (χ0n) is 16.0. The van der Waals surface area contributed by atoms with Gasteiger partial charge in [-0.1, -0.05) is 38.1 Å². The number of nitrogens with one attached hydrogen (secondary N) is 1. The third kappa shape index (κ3) is 5.06. The van der Waals surface area contributed by atoms with Crippen molar-refractivity contribution in [2.75, 3.05) is 27.0 Å². The van der Waals surface area contributed by atoms with Crippen LogP contribution in [0.4, 0.5) is 4.79 Å². The lowest BCUT2D eigenvalue weighted by atomic mass is 10.0. The zero-order valence-corrected chi connectivity index (χ0v) is 16.0. The van der Waals surface area contributed by atoms with E-state index in [0.29, 0.717) is 37.1 Å². The van der Waals surface area contributed by atoms with Crippen molar-refractivity contribution in [1.82, 2.24) is 10.2 Å². The van der Waals surface area contributed by atoms with Gasteiger partial charge in [-0.15, -0.1) is 0 Å². The molecular formula is C21H26N2O4. The fourth-order valence-corrected chi connectivity index (χ4v) is 2.78. The smallest absolute Gasteiger partial charge is 0.317 e. The SMILES string of the molecule is CC(C)c1ccc(CN(C)C(=O)NCCOc2ccc3c(c2)OCO3)cc1. The van der Waals surface area contributed by atoms with Crippen LogP contribution in [0, 0.1) is 0 Å². The molecule has 3 rings (SSSR count). The molecule has 0 spiro atoms. The van der Waals surface area contributed by atoms with E-state index in [9.17, 15) is 4.79 Å². The molecule has 1 heterocycles. The Labute approximate surface area is 160 Å². The molecule has 0 radical (unpaired) electrons. The van der Waals surface area contributed by atoms with Crippen LogP contribution < -0.4 is 19.5 Å². The van der Waals surface area contributed by atoms with Crippen LogP contribution in [0.1, 0.15) is 30.9 Å². The summed E-state index contributed by atoms with van der Waals surface area (Å²) >= 11 is 0. The highest BCUT2D eigenvalue weighted by molar-refractivity contribution is 5.73. The summed E-state index contributed by atoms with van der Waals surface area (Å²) in [5.74, 6) is 2.59. The van der Waals surface area contributed by atoms with Crippen LogP contribution in [-0.2, 0) is 6.54 Å². The molecule has 2 aromatic rings. The molecule has 0 saturated heterocycles.